The van der Waals surface area contributed by atoms with Gasteiger partial charge in [-0.2, -0.15) is 4.89 Å². The Balaban J connectivity index is 2.11. The molecule has 0 spiro atoms. The summed E-state index contributed by atoms with van der Waals surface area (Å²) < 4.78 is 4.74. The smallest absolute Gasteiger partial charge is 0.342 e. The van der Waals surface area contributed by atoms with Crippen molar-refractivity contribution in [3.8, 4) is 0 Å². The summed E-state index contributed by atoms with van der Waals surface area (Å²) in [6.07, 6.45) is 0.976. The predicted molar refractivity (Wildman–Crippen MR) is 58.7 cm³/mol. The topological polar surface area (TPSA) is 44.8 Å². The quantitative estimate of drug-likeness (QED) is 0.402. The highest BCUT2D eigenvalue weighted by atomic mass is 17.2. The molecule has 1 aromatic carbocycles. The first-order valence-corrected chi connectivity index (χ1v) is 5.18. The molecular formula is C12H16O4. The molecule has 1 rings (SSSR count). The SMILES string of the molecule is COCCOOC(=O)CCc1ccccc1. The number of ether oxygens (including phenoxy) is 1. The van der Waals surface area contributed by atoms with Crippen LogP contribution < -0.4 is 0 Å². The first-order chi connectivity index (χ1) is 7.83. The molecule has 0 amide bonds. The zero-order valence-electron chi connectivity index (χ0n) is 9.35. The number of hydrogen-bond acceptors (Lipinski definition) is 4. The maximum atomic E-state index is 11.2. The predicted octanol–water partition coefficient (Wildman–Crippen LogP) is 1.74. The lowest BCUT2D eigenvalue weighted by Crippen LogP contribution is -2.09. The minimum absolute atomic E-state index is 0.258. The van der Waals surface area contributed by atoms with Crippen molar-refractivity contribution in [3.63, 3.8) is 0 Å². The van der Waals surface area contributed by atoms with E-state index < -0.39 is 0 Å². The summed E-state index contributed by atoms with van der Waals surface area (Å²) in [6.45, 7) is 0.666. The van der Waals surface area contributed by atoms with Crippen molar-refractivity contribution in [2.24, 2.45) is 0 Å². The molecule has 0 radical (unpaired) electrons. The first kappa shape index (κ1) is 12.7. The Hall–Kier alpha value is -1.39. The van der Waals surface area contributed by atoms with E-state index in [1.165, 1.54) is 0 Å². The molecule has 0 aromatic heterocycles. The van der Waals surface area contributed by atoms with E-state index in [1.54, 1.807) is 7.11 Å². The van der Waals surface area contributed by atoms with Gasteiger partial charge in [-0.05, 0) is 12.0 Å². The minimum Gasteiger partial charge on any atom is -0.382 e. The van der Waals surface area contributed by atoms with Gasteiger partial charge >= 0.3 is 5.97 Å². The van der Waals surface area contributed by atoms with Gasteiger partial charge in [0.05, 0.1) is 13.0 Å². The minimum atomic E-state index is -0.361. The lowest BCUT2D eigenvalue weighted by molar-refractivity contribution is -0.275. The maximum absolute atomic E-state index is 11.2. The van der Waals surface area contributed by atoms with Crippen molar-refractivity contribution in [2.75, 3.05) is 20.3 Å². The van der Waals surface area contributed by atoms with Gasteiger partial charge in [-0.25, -0.2) is 4.79 Å². The van der Waals surface area contributed by atoms with Gasteiger partial charge in [-0.1, -0.05) is 30.3 Å². The van der Waals surface area contributed by atoms with E-state index in [0.717, 1.165) is 5.56 Å². The molecule has 1 aromatic rings. The highest BCUT2D eigenvalue weighted by molar-refractivity contribution is 5.68. The van der Waals surface area contributed by atoms with Gasteiger partial charge in [0.15, 0.2) is 0 Å². The second kappa shape index (κ2) is 7.84. The zero-order chi connectivity index (χ0) is 11.6. The fraction of sp³-hybridized carbons (Fsp3) is 0.417. The van der Waals surface area contributed by atoms with Crippen molar-refractivity contribution in [3.05, 3.63) is 35.9 Å². The molecule has 0 atom stereocenters. The van der Waals surface area contributed by atoms with Gasteiger partial charge in [0.1, 0.15) is 6.61 Å². The molecule has 4 nitrogen and oxygen atoms in total. The number of aryl methyl sites for hydroxylation is 1. The Kier molecular flexibility index (Phi) is 6.22. The van der Waals surface area contributed by atoms with Crippen LogP contribution in [-0.4, -0.2) is 26.3 Å². The van der Waals surface area contributed by atoms with E-state index >= 15 is 0 Å². The summed E-state index contributed by atoms with van der Waals surface area (Å²) in [5.74, 6) is -0.361. The van der Waals surface area contributed by atoms with Crippen LogP contribution in [0.4, 0.5) is 0 Å². The summed E-state index contributed by atoms with van der Waals surface area (Å²) in [4.78, 5) is 20.4. The molecule has 0 N–H and O–H groups in total. The second-order valence-electron chi connectivity index (χ2n) is 3.26. The molecule has 0 aliphatic carbocycles. The van der Waals surface area contributed by atoms with Crippen LogP contribution in [0.3, 0.4) is 0 Å². The Bertz CT molecular complexity index is 297. The number of carbonyl (C=O) groups is 1. The Labute approximate surface area is 95.1 Å². The molecule has 0 aliphatic rings. The maximum Gasteiger partial charge on any atom is 0.342 e. The third-order valence-corrected chi connectivity index (χ3v) is 1.98. The van der Waals surface area contributed by atoms with Gasteiger partial charge in [-0.3, -0.25) is 4.89 Å². The van der Waals surface area contributed by atoms with Gasteiger partial charge in [-0.15, -0.1) is 0 Å². The van der Waals surface area contributed by atoms with Crippen molar-refractivity contribution in [1.29, 1.82) is 0 Å². The molecule has 16 heavy (non-hydrogen) atoms. The Morgan fingerprint density at radius 2 is 1.94 bits per heavy atom. The third kappa shape index (κ3) is 5.48. The van der Waals surface area contributed by atoms with Gasteiger partial charge in [0.2, 0.25) is 0 Å². The van der Waals surface area contributed by atoms with Crippen LogP contribution in [-0.2, 0) is 25.7 Å². The second-order valence-corrected chi connectivity index (χ2v) is 3.26. The molecule has 0 saturated heterocycles. The van der Waals surface area contributed by atoms with E-state index in [0.29, 0.717) is 19.4 Å². The average molecular weight is 224 g/mol. The number of hydrogen-bond donors (Lipinski definition) is 0. The monoisotopic (exact) mass is 224 g/mol. The average Bonchev–Trinajstić information content (AvgIpc) is 2.33. The molecule has 88 valence electrons. The van der Waals surface area contributed by atoms with Crippen LogP contribution in [0.15, 0.2) is 30.3 Å². The summed E-state index contributed by atoms with van der Waals surface area (Å²) in [5, 5.41) is 0. The summed E-state index contributed by atoms with van der Waals surface area (Å²) >= 11 is 0. The summed E-state index contributed by atoms with van der Waals surface area (Å²) in [7, 11) is 1.56. The van der Waals surface area contributed by atoms with E-state index in [9.17, 15) is 4.79 Å². The molecule has 0 bridgehead atoms. The van der Waals surface area contributed by atoms with E-state index in [2.05, 4.69) is 9.78 Å². The van der Waals surface area contributed by atoms with Crippen molar-refractivity contribution in [2.45, 2.75) is 12.8 Å². The van der Waals surface area contributed by atoms with Crippen LogP contribution in [0.1, 0.15) is 12.0 Å². The van der Waals surface area contributed by atoms with Gasteiger partial charge in [0, 0.05) is 7.11 Å². The fourth-order valence-electron chi connectivity index (χ4n) is 1.16. The van der Waals surface area contributed by atoms with Crippen LogP contribution in [0, 0.1) is 0 Å². The molecule has 0 fully saturated rings. The first-order valence-electron chi connectivity index (χ1n) is 5.18. The van der Waals surface area contributed by atoms with Gasteiger partial charge < -0.3 is 4.74 Å². The van der Waals surface area contributed by atoms with E-state index in [4.69, 9.17) is 4.74 Å². The highest BCUT2D eigenvalue weighted by Crippen LogP contribution is 2.03. The van der Waals surface area contributed by atoms with Crippen molar-refractivity contribution >= 4 is 5.97 Å². The molecule has 4 heteroatoms. The summed E-state index contributed by atoms with van der Waals surface area (Å²) in [5.41, 5.74) is 1.11. The van der Waals surface area contributed by atoms with Crippen molar-refractivity contribution < 1.29 is 19.3 Å². The zero-order valence-corrected chi connectivity index (χ0v) is 9.35. The molecule has 0 unspecified atom stereocenters. The van der Waals surface area contributed by atoms with Crippen LogP contribution in [0.5, 0.6) is 0 Å². The lowest BCUT2D eigenvalue weighted by atomic mass is 10.1. The van der Waals surface area contributed by atoms with Gasteiger partial charge in [0.25, 0.3) is 0 Å². The van der Waals surface area contributed by atoms with E-state index in [1.807, 2.05) is 30.3 Å². The van der Waals surface area contributed by atoms with Crippen LogP contribution in [0.2, 0.25) is 0 Å². The van der Waals surface area contributed by atoms with Crippen LogP contribution >= 0.6 is 0 Å². The van der Waals surface area contributed by atoms with E-state index in [-0.39, 0.29) is 12.6 Å². The largest absolute Gasteiger partial charge is 0.382 e. The molecule has 0 aliphatic heterocycles. The lowest BCUT2D eigenvalue weighted by Gasteiger charge is -2.03. The summed E-state index contributed by atoms with van der Waals surface area (Å²) in [6, 6.07) is 9.76. The molecular weight excluding hydrogens is 208 g/mol. The molecule has 0 saturated carbocycles. The number of benzene rings is 1. The normalized spacial score (nSPS) is 10.1. The highest BCUT2D eigenvalue weighted by Gasteiger charge is 2.04. The number of methoxy groups -OCH3 is 1. The number of carbonyl (C=O) groups excluding carboxylic acids is 1. The fourth-order valence-corrected chi connectivity index (χ4v) is 1.16. The third-order valence-electron chi connectivity index (χ3n) is 1.98. The van der Waals surface area contributed by atoms with Crippen LogP contribution in [0.25, 0.3) is 0 Å². The molecule has 0 heterocycles. The standard InChI is InChI=1S/C12H16O4/c1-14-9-10-15-16-12(13)8-7-11-5-3-2-4-6-11/h2-6H,7-10H2,1H3. The Morgan fingerprint density at radius 3 is 2.62 bits per heavy atom. The Morgan fingerprint density at radius 1 is 1.19 bits per heavy atom. The number of rotatable bonds is 7. The van der Waals surface area contributed by atoms with Crippen molar-refractivity contribution in [1.82, 2.24) is 0 Å².